The molecule has 230 valence electrons. The fourth-order valence-electron chi connectivity index (χ4n) is 4.87. The molecule has 1 atom stereocenters. The molecule has 1 aliphatic rings. The van der Waals surface area contributed by atoms with Gasteiger partial charge in [-0.1, -0.05) is 79.2 Å². The van der Waals surface area contributed by atoms with Gasteiger partial charge in [0.2, 0.25) is 11.1 Å². The summed E-state index contributed by atoms with van der Waals surface area (Å²) in [7, 11) is 1.60. The zero-order valence-corrected chi connectivity index (χ0v) is 28.2. The summed E-state index contributed by atoms with van der Waals surface area (Å²) in [5.41, 5.74) is 5.06. The number of aryl methyl sites for hydroxylation is 1. The zero-order chi connectivity index (χ0) is 31.2. The number of allylic oxidation sites excluding steroid dienone is 1. The van der Waals surface area contributed by atoms with Crippen molar-refractivity contribution in [1.82, 2.24) is 14.8 Å². The van der Waals surface area contributed by atoms with E-state index in [1.807, 2.05) is 61.5 Å². The highest BCUT2D eigenvalue weighted by Gasteiger charge is 2.36. The third-order valence-electron chi connectivity index (χ3n) is 7.30. The van der Waals surface area contributed by atoms with Crippen LogP contribution in [0.3, 0.4) is 0 Å². The largest absolute Gasteiger partial charge is 0.493 e. The van der Waals surface area contributed by atoms with Gasteiger partial charge in [0, 0.05) is 16.5 Å². The number of rotatable bonds is 12. The molecular formula is C33H34BrClN4O4S. The van der Waals surface area contributed by atoms with Crippen molar-refractivity contribution in [3.8, 4) is 11.5 Å². The second kappa shape index (κ2) is 14.5. The van der Waals surface area contributed by atoms with Gasteiger partial charge in [0.1, 0.15) is 12.6 Å². The predicted molar refractivity (Wildman–Crippen MR) is 178 cm³/mol. The Labute approximate surface area is 275 Å². The molecule has 0 spiro atoms. The summed E-state index contributed by atoms with van der Waals surface area (Å²) >= 11 is 11.6. The molecule has 0 radical (unpaired) electrons. The zero-order valence-electron chi connectivity index (χ0n) is 25.0. The molecule has 0 aliphatic carbocycles. The number of hydrogen-bond acceptors (Lipinski definition) is 8. The van der Waals surface area contributed by atoms with Crippen molar-refractivity contribution < 1.29 is 19.0 Å². The number of ether oxygens (including phenoxy) is 3. The van der Waals surface area contributed by atoms with Crippen LogP contribution < -0.4 is 14.8 Å². The van der Waals surface area contributed by atoms with E-state index < -0.39 is 12.0 Å². The van der Waals surface area contributed by atoms with E-state index in [0.29, 0.717) is 62.3 Å². The summed E-state index contributed by atoms with van der Waals surface area (Å²) in [5, 5.41) is 9.36. The summed E-state index contributed by atoms with van der Waals surface area (Å²) in [6, 6.07) is 19.0. The number of methoxy groups -OCH3 is 1. The van der Waals surface area contributed by atoms with Crippen molar-refractivity contribution in [2.24, 2.45) is 0 Å². The van der Waals surface area contributed by atoms with Crippen molar-refractivity contribution in [3.63, 3.8) is 0 Å². The monoisotopic (exact) mass is 696 g/mol. The summed E-state index contributed by atoms with van der Waals surface area (Å²) in [6.07, 6.45) is 1.69. The standard InChI is InChI=1S/C33H34BrClN4O4S/c1-5-6-15-42-31(40)28-21(3)36-32-37-33(44-19-23-13-9-10-14-26(23)35)38-39(32)29(28)24-16-25(34)30(27(17-24)41-4)43-18-22-12-8-7-11-20(22)2/h7-14,16-17,29H,5-6,15,18-19H2,1-4H3,(H,36,37,38). The Balaban J connectivity index is 1.51. The summed E-state index contributed by atoms with van der Waals surface area (Å²) in [6.45, 7) is 6.67. The number of aromatic nitrogens is 3. The van der Waals surface area contributed by atoms with Crippen molar-refractivity contribution in [2.75, 3.05) is 19.0 Å². The molecule has 5 rings (SSSR count). The van der Waals surface area contributed by atoms with Crippen LogP contribution >= 0.6 is 39.3 Å². The van der Waals surface area contributed by atoms with Gasteiger partial charge in [-0.2, -0.15) is 4.98 Å². The Hall–Kier alpha value is -3.47. The number of nitrogens with one attached hydrogen (secondary N) is 1. The number of benzene rings is 3. The molecular weight excluding hydrogens is 664 g/mol. The molecule has 0 amide bonds. The van der Waals surface area contributed by atoms with Gasteiger partial charge in [-0.15, -0.1) is 5.10 Å². The molecule has 3 aromatic carbocycles. The lowest BCUT2D eigenvalue weighted by Crippen LogP contribution is -2.30. The predicted octanol–water partition coefficient (Wildman–Crippen LogP) is 8.51. The Morgan fingerprint density at radius 1 is 1.11 bits per heavy atom. The SMILES string of the molecule is CCCCOC(=O)C1=C(C)Nc2nc(SCc3ccccc3Cl)nn2C1c1cc(Br)c(OCc2ccccc2C)c(OC)c1. The Kier molecular flexibility index (Phi) is 10.6. The second-order valence-electron chi connectivity index (χ2n) is 10.3. The summed E-state index contributed by atoms with van der Waals surface area (Å²) in [5.74, 6) is 1.80. The number of esters is 1. The maximum absolute atomic E-state index is 13.6. The van der Waals surface area contributed by atoms with Crippen LogP contribution in [0.1, 0.15) is 55.0 Å². The highest BCUT2D eigenvalue weighted by Crippen LogP contribution is 2.43. The maximum Gasteiger partial charge on any atom is 0.338 e. The third kappa shape index (κ3) is 7.08. The molecule has 4 aromatic rings. The van der Waals surface area contributed by atoms with Crippen LogP contribution in [-0.4, -0.2) is 34.5 Å². The van der Waals surface area contributed by atoms with Crippen LogP contribution in [0.2, 0.25) is 5.02 Å². The van der Waals surface area contributed by atoms with Crippen molar-refractivity contribution >= 4 is 51.2 Å². The van der Waals surface area contributed by atoms with Gasteiger partial charge >= 0.3 is 5.97 Å². The fraction of sp³-hybridized carbons (Fsp3) is 0.303. The van der Waals surface area contributed by atoms with Gasteiger partial charge in [-0.25, -0.2) is 9.48 Å². The first kappa shape index (κ1) is 31.9. The number of hydrogen-bond donors (Lipinski definition) is 1. The molecule has 0 bridgehead atoms. The Bertz CT molecular complexity index is 1690. The summed E-state index contributed by atoms with van der Waals surface area (Å²) in [4.78, 5) is 18.3. The van der Waals surface area contributed by atoms with E-state index in [4.69, 9.17) is 35.9 Å². The van der Waals surface area contributed by atoms with E-state index >= 15 is 0 Å². The fourth-order valence-corrected chi connectivity index (χ4v) is 6.56. The number of halogens is 2. The van der Waals surface area contributed by atoms with Crippen molar-refractivity contribution in [1.29, 1.82) is 0 Å². The molecule has 44 heavy (non-hydrogen) atoms. The lowest BCUT2D eigenvalue weighted by Gasteiger charge is -2.29. The number of anilines is 1. The number of unbranched alkanes of at least 4 members (excludes halogenated alkanes) is 1. The molecule has 0 saturated carbocycles. The topological polar surface area (TPSA) is 87.5 Å². The number of thioether (sulfide) groups is 1. The van der Waals surface area contributed by atoms with Gasteiger partial charge in [0.15, 0.2) is 11.5 Å². The first-order valence-corrected chi connectivity index (χ1v) is 16.5. The number of carbonyl (C=O) groups is 1. The average Bonchev–Trinajstić information content (AvgIpc) is 3.42. The molecule has 11 heteroatoms. The first-order valence-electron chi connectivity index (χ1n) is 14.3. The van der Waals surface area contributed by atoms with Crippen LogP contribution in [0.15, 0.2) is 81.6 Å². The van der Waals surface area contributed by atoms with Crippen LogP contribution in [-0.2, 0) is 21.9 Å². The minimum atomic E-state index is -0.627. The molecule has 0 saturated heterocycles. The lowest BCUT2D eigenvalue weighted by atomic mass is 9.95. The van der Waals surface area contributed by atoms with E-state index in [2.05, 4.69) is 41.2 Å². The van der Waals surface area contributed by atoms with E-state index in [1.165, 1.54) is 11.8 Å². The molecule has 0 fully saturated rings. The van der Waals surface area contributed by atoms with Gasteiger partial charge in [-0.05, 0) is 76.7 Å². The number of nitrogens with zero attached hydrogens (tertiary/aromatic N) is 3. The molecule has 1 aliphatic heterocycles. The van der Waals surface area contributed by atoms with Gasteiger partial charge in [-0.3, -0.25) is 0 Å². The van der Waals surface area contributed by atoms with Crippen LogP contribution in [0, 0.1) is 6.92 Å². The van der Waals surface area contributed by atoms with Crippen LogP contribution in [0.4, 0.5) is 5.95 Å². The normalized spacial score (nSPS) is 14.2. The van der Waals surface area contributed by atoms with Crippen LogP contribution in [0.5, 0.6) is 11.5 Å². The minimum Gasteiger partial charge on any atom is -0.493 e. The molecule has 1 aromatic heterocycles. The van der Waals surface area contributed by atoms with Crippen molar-refractivity contribution in [2.45, 2.75) is 57.2 Å². The van der Waals surface area contributed by atoms with Gasteiger partial charge in [0.05, 0.1) is 23.8 Å². The van der Waals surface area contributed by atoms with E-state index in [0.717, 1.165) is 35.1 Å². The number of fused-ring (bicyclic) bond motifs is 1. The molecule has 2 heterocycles. The first-order chi connectivity index (χ1) is 21.3. The minimum absolute atomic E-state index is 0.334. The molecule has 1 unspecified atom stereocenters. The number of carbonyl (C=O) groups excluding carboxylic acids is 1. The van der Waals surface area contributed by atoms with E-state index in [9.17, 15) is 4.79 Å². The Morgan fingerprint density at radius 3 is 2.59 bits per heavy atom. The molecule has 1 N–H and O–H groups in total. The highest BCUT2D eigenvalue weighted by molar-refractivity contribution is 9.10. The van der Waals surface area contributed by atoms with Gasteiger partial charge < -0.3 is 19.5 Å². The van der Waals surface area contributed by atoms with Gasteiger partial charge in [0.25, 0.3) is 0 Å². The lowest BCUT2D eigenvalue weighted by molar-refractivity contribution is -0.139. The average molecular weight is 698 g/mol. The molecule has 8 nitrogen and oxygen atoms in total. The smallest absolute Gasteiger partial charge is 0.338 e. The van der Waals surface area contributed by atoms with Crippen LogP contribution in [0.25, 0.3) is 0 Å². The maximum atomic E-state index is 13.6. The third-order valence-corrected chi connectivity index (χ3v) is 9.14. The quantitative estimate of drug-likeness (QED) is 0.0896. The highest BCUT2D eigenvalue weighted by atomic mass is 79.9. The van der Waals surface area contributed by atoms with E-state index in [-0.39, 0.29) is 0 Å². The summed E-state index contributed by atoms with van der Waals surface area (Å²) < 4.78 is 20.2. The van der Waals surface area contributed by atoms with Crippen molar-refractivity contribution in [3.05, 3.63) is 104 Å². The second-order valence-corrected chi connectivity index (χ2v) is 12.6. The van der Waals surface area contributed by atoms with E-state index in [1.54, 1.807) is 11.8 Å². The Morgan fingerprint density at radius 2 is 1.86 bits per heavy atom.